The van der Waals surface area contributed by atoms with Gasteiger partial charge in [0.15, 0.2) is 0 Å². The van der Waals surface area contributed by atoms with E-state index in [1.54, 1.807) is 23.9 Å². The third-order valence-corrected chi connectivity index (χ3v) is 7.55. The van der Waals surface area contributed by atoms with Gasteiger partial charge in [-0.15, -0.1) is 11.8 Å². The van der Waals surface area contributed by atoms with E-state index in [1.165, 1.54) is 12.1 Å². The van der Waals surface area contributed by atoms with Crippen LogP contribution in [-0.4, -0.2) is 40.4 Å². The van der Waals surface area contributed by atoms with Crippen LogP contribution in [0.3, 0.4) is 0 Å². The van der Waals surface area contributed by atoms with Gasteiger partial charge in [0.2, 0.25) is 5.91 Å². The molecular formula is C24H21FN2O2S. The first-order chi connectivity index (χ1) is 14.6. The molecule has 2 saturated heterocycles. The average molecular weight is 421 g/mol. The van der Waals surface area contributed by atoms with Gasteiger partial charge in [0, 0.05) is 24.3 Å². The van der Waals surface area contributed by atoms with Gasteiger partial charge >= 0.3 is 0 Å². The Balaban J connectivity index is 1.35. The number of fused-ring (bicyclic) bond motifs is 1. The maximum absolute atomic E-state index is 13.4. The molecular weight excluding hydrogens is 399 g/mol. The molecule has 2 amide bonds. The summed E-state index contributed by atoms with van der Waals surface area (Å²) in [7, 11) is 0. The summed E-state index contributed by atoms with van der Waals surface area (Å²) >= 11 is 1.64. The Morgan fingerprint density at radius 1 is 0.933 bits per heavy atom. The number of nitrogens with zero attached hydrogens (tertiary/aromatic N) is 2. The first-order valence-corrected chi connectivity index (χ1v) is 11.0. The molecule has 1 spiro atoms. The van der Waals surface area contributed by atoms with E-state index in [2.05, 4.69) is 0 Å². The van der Waals surface area contributed by atoms with Crippen molar-refractivity contribution in [3.05, 3.63) is 78.1 Å². The highest BCUT2D eigenvalue weighted by molar-refractivity contribution is 8.02. The number of hydrogen-bond acceptors (Lipinski definition) is 3. The zero-order chi connectivity index (χ0) is 20.7. The van der Waals surface area contributed by atoms with Crippen LogP contribution in [0.15, 0.2) is 66.7 Å². The van der Waals surface area contributed by atoms with Crippen molar-refractivity contribution in [2.75, 3.05) is 23.7 Å². The number of rotatable bonds is 2. The highest BCUT2D eigenvalue weighted by Crippen LogP contribution is 2.46. The van der Waals surface area contributed by atoms with Crippen molar-refractivity contribution >= 4 is 40.0 Å². The second-order valence-electron chi connectivity index (χ2n) is 7.79. The fourth-order valence-electron chi connectivity index (χ4n) is 4.45. The zero-order valence-corrected chi connectivity index (χ0v) is 17.2. The van der Waals surface area contributed by atoms with Gasteiger partial charge in [0.25, 0.3) is 5.91 Å². The minimum Gasteiger partial charge on any atom is -0.338 e. The first-order valence-electron chi connectivity index (χ1n) is 10.1. The molecule has 0 aliphatic carbocycles. The Labute approximate surface area is 178 Å². The monoisotopic (exact) mass is 420 g/mol. The predicted octanol–water partition coefficient (Wildman–Crippen LogP) is 4.69. The van der Waals surface area contributed by atoms with E-state index in [-0.39, 0.29) is 22.5 Å². The van der Waals surface area contributed by atoms with Gasteiger partial charge in [-0.3, -0.25) is 14.5 Å². The summed E-state index contributed by atoms with van der Waals surface area (Å²) in [4.78, 5) is 29.0. The molecule has 0 radical (unpaired) electrons. The SMILES string of the molecule is O=C(c1ccc2ccccc2c1)N1CCC2(CC1)SCC(=O)N2c1ccc(F)cc1. The summed E-state index contributed by atoms with van der Waals surface area (Å²) in [5.41, 5.74) is 1.41. The number of thioether (sulfide) groups is 1. The van der Waals surface area contributed by atoms with Gasteiger partial charge in [-0.1, -0.05) is 30.3 Å². The summed E-state index contributed by atoms with van der Waals surface area (Å²) in [6.45, 7) is 1.17. The largest absolute Gasteiger partial charge is 0.338 e. The van der Waals surface area contributed by atoms with E-state index >= 15 is 0 Å². The second kappa shape index (κ2) is 7.43. The average Bonchev–Trinajstić information content (AvgIpc) is 3.09. The van der Waals surface area contributed by atoms with Crippen LogP contribution in [0.25, 0.3) is 10.8 Å². The molecule has 4 nitrogen and oxygen atoms in total. The number of hydrogen-bond donors (Lipinski definition) is 0. The molecule has 3 aromatic carbocycles. The molecule has 0 N–H and O–H groups in total. The highest BCUT2D eigenvalue weighted by atomic mass is 32.2. The molecule has 2 aliphatic heterocycles. The minimum atomic E-state index is -0.366. The molecule has 3 aromatic rings. The van der Waals surface area contributed by atoms with Crippen molar-refractivity contribution < 1.29 is 14.0 Å². The Morgan fingerprint density at radius 3 is 2.37 bits per heavy atom. The second-order valence-corrected chi connectivity index (χ2v) is 9.13. The third-order valence-electron chi connectivity index (χ3n) is 6.03. The molecule has 30 heavy (non-hydrogen) atoms. The van der Waals surface area contributed by atoms with Crippen molar-refractivity contribution in [1.82, 2.24) is 4.90 Å². The summed E-state index contributed by atoms with van der Waals surface area (Å²) in [5.74, 6) is 0.165. The molecule has 2 aliphatic rings. The third kappa shape index (κ3) is 3.25. The van der Waals surface area contributed by atoms with Crippen LogP contribution in [0, 0.1) is 5.82 Å². The van der Waals surface area contributed by atoms with E-state index in [0.717, 1.165) is 16.5 Å². The lowest BCUT2D eigenvalue weighted by atomic mass is 9.99. The molecule has 2 fully saturated rings. The number of halogens is 1. The van der Waals surface area contributed by atoms with Gasteiger partial charge < -0.3 is 4.90 Å². The van der Waals surface area contributed by atoms with Crippen LogP contribution in [0.1, 0.15) is 23.2 Å². The van der Waals surface area contributed by atoms with Gasteiger partial charge in [-0.05, 0) is 60.0 Å². The van der Waals surface area contributed by atoms with Crippen LogP contribution >= 0.6 is 11.8 Å². The number of piperidine rings is 1. The molecule has 0 aromatic heterocycles. The van der Waals surface area contributed by atoms with Crippen molar-refractivity contribution in [3.8, 4) is 0 Å². The Kier molecular flexibility index (Phi) is 4.74. The fraction of sp³-hybridized carbons (Fsp3) is 0.250. The molecule has 152 valence electrons. The lowest BCUT2D eigenvalue weighted by Crippen LogP contribution is -2.53. The zero-order valence-electron chi connectivity index (χ0n) is 16.4. The summed E-state index contributed by atoms with van der Waals surface area (Å²) in [6.07, 6.45) is 1.39. The molecule has 0 atom stereocenters. The number of likely N-dealkylation sites (tertiary alicyclic amines) is 1. The first kappa shape index (κ1) is 19.1. The maximum Gasteiger partial charge on any atom is 0.253 e. The molecule has 0 unspecified atom stereocenters. The standard InChI is InChI=1S/C24H21FN2O2S/c25-20-7-9-21(10-8-20)27-22(28)16-30-24(27)11-13-26(14-12-24)23(29)19-6-5-17-3-1-2-4-18(17)15-19/h1-10,15H,11-14,16H2. The van der Waals surface area contributed by atoms with Crippen LogP contribution in [0.4, 0.5) is 10.1 Å². The predicted molar refractivity (Wildman–Crippen MR) is 118 cm³/mol. The smallest absolute Gasteiger partial charge is 0.253 e. The normalized spacial score (nSPS) is 18.4. The summed E-state index contributed by atoms with van der Waals surface area (Å²) in [5, 5.41) is 2.17. The number of benzene rings is 3. The van der Waals surface area contributed by atoms with Gasteiger partial charge in [-0.2, -0.15) is 0 Å². The van der Waals surface area contributed by atoms with Crippen molar-refractivity contribution in [3.63, 3.8) is 0 Å². The number of carbonyl (C=O) groups is 2. The highest BCUT2D eigenvalue weighted by Gasteiger charge is 2.49. The van der Waals surface area contributed by atoms with Crippen LogP contribution in [0.5, 0.6) is 0 Å². The van der Waals surface area contributed by atoms with Crippen molar-refractivity contribution in [1.29, 1.82) is 0 Å². The minimum absolute atomic E-state index is 0.0262. The van der Waals surface area contributed by atoms with E-state index in [4.69, 9.17) is 0 Å². The van der Waals surface area contributed by atoms with Crippen LogP contribution in [-0.2, 0) is 4.79 Å². The number of carbonyl (C=O) groups excluding carboxylic acids is 2. The fourth-order valence-corrected chi connectivity index (χ4v) is 5.78. The maximum atomic E-state index is 13.4. The topological polar surface area (TPSA) is 40.6 Å². The quantitative estimate of drug-likeness (QED) is 0.604. The van der Waals surface area contributed by atoms with E-state index in [1.807, 2.05) is 52.3 Å². The molecule has 6 heteroatoms. The lowest BCUT2D eigenvalue weighted by molar-refractivity contribution is -0.116. The molecule has 2 heterocycles. The van der Waals surface area contributed by atoms with Gasteiger partial charge in [0.1, 0.15) is 5.82 Å². The van der Waals surface area contributed by atoms with Crippen LogP contribution in [0.2, 0.25) is 0 Å². The molecule has 0 bridgehead atoms. The Bertz CT molecular complexity index is 1120. The van der Waals surface area contributed by atoms with Crippen LogP contribution < -0.4 is 4.90 Å². The molecule has 5 rings (SSSR count). The van der Waals surface area contributed by atoms with Crippen molar-refractivity contribution in [2.24, 2.45) is 0 Å². The number of anilines is 1. The Hall–Kier alpha value is -2.86. The lowest BCUT2D eigenvalue weighted by Gasteiger charge is -2.44. The Morgan fingerprint density at radius 2 is 1.63 bits per heavy atom. The van der Waals surface area contributed by atoms with E-state index in [0.29, 0.717) is 37.2 Å². The van der Waals surface area contributed by atoms with Gasteiger partial charge in [0.05, 0.1) is 10.6 Å². The molecule has 0 saturated carbocycles. The summed E-state index contributed by atoms with van der Waals surface area (Å²) < 4.78 is 13.4. The van der Waals surface area contributed by atoms with Crippen molar-refractivity contribution in [2.45, 2.75) is 17.7 Å². The number of amides is 2. The summed E-state index contributed by atoms with van der Waals surface area (Å²) in [6, 6.07) is 19.9. The van der Waals surface area contributed by atoms with E-state index < -0.39 is 0 Å². The van der Waals surface area contributed by atoms with Gasteiger partial charge in [-0.25, -0.2) is 4.39 Å². The van der Waals surface area contributed by atoms with E-state index in [9.17, 15) is 14.0 Å².